The molecule has 6 heteroatoms. The smallest absolute Gasteiger partial charge is 0.164 e. The lowest BCUT2D eigenvalue weighted by Gasteiger charge is -2.30. The lowest BCUT2D eigenvalue weighted by atomic mass is 9.99. The van der Waals surface area contributed by atoms with Crippen molar-refractivity contribution in [2.24, 2.45) is 12.0 Å². The predicted octanol–water partition coefficient (Wildman–Crippen LogP) is 2.27. The van der Waals surface area contributed by atoms with E-state index in [2.05, 4.69) is 9.89 Å². The Morgan fingerprint density at radius 1 is 1.19 bits per heavy atom. The van der Waals surface area contributed by atoms with Crippen LogP contribution in [0, 0.1) is 0 Å². The van der Waals surface area contributed by atoms with Gasteiger partial charge in [0.1, 0.15) is 11.6 Å². The summed E-state index contributed by atoms with van der Waals surface area (Å²) in [6, 6.07) is 8.06. The molecule has 0 saturated carbocycles. The fourth-order valence-corrected chi connectivity index (χ4v) is 3.71. The minimum atomic E-state index is 0.0134. The number of aromatic nitrogens is 1. The maximum Gasteiger partial charge on any atom is 0.164 e. The van der Waals surface area contributed by atoms with E-state index < -0.39 is 0 Å². The molecule has 27 heavy (non-hydrogen) atoms. The zero-order valence-corrected chi connectivity index (χ0v) is 15.5. The van der Waals surface area contributed by atoms with Crippen molar-refractivity contribution >= 4 is 28.2 Å². The van der Waals surface area contributed by atoms with Crippen LogP contribution < -0.4 is 0 Å². The molecule has 0 aliphatic carbocycles. The van der Waals surface area contributed by atoms with Crippen LogP contribution in [-0.4, -0.2) is 53.0 Å². The van der Waals surface area contributed by atoms with Crippen LogP contribution in [-0.2, 0) is 27.8 Å². The Labute approximate surface area is 158 Å². The molecule has 4 rings (SSSR count). The molecule has 140 valence electrons. The van der Waals surface area contributed by atoms with Gasteiger partial charge in [0.2, 0.25) is 0 Å². The third kappa shape index (κ3) is 3.85. The normalized spacial score (nSPS) is 17.8. The Balaban J connectivity index is 1.47. The summed E-state index contributed by atoms with van der Waals surface area (Å²) >= 11 is 0. The number of carbonyl (C=O) groups is 2. The quantitative estimate of drug-likeness (QED) is 0.815. The molecule has 2 aromatic rings. The molecule has 1 aromatic carbocycles. The van der Waals surface area contributed by atoms with Gasteiger partial charge in [-0.1, -0.05) is 12.1 Å². The first-order valence-corrected chi connectivity index (χ1v) is 9.28. The summed E-state index contributed by atoms with van der Waals surface area (Å²) in [4.78, 5) is 31.4. The van der Waals surface area contributed by atoms with Crippen LogP contribution in [0.3, 0.4) is 0 Å². The first-order chi connectivity index (χ1) is 13.1. The molecule has 6 nitrogen and oxygen atoms in total. The molecule has 0 atom stereocenters. The molecule has 1 saturated heterocycles. The molecule has 0 radical (unpaired) electrons. The number of aliphatic imine (C=N–C) groups is 1. The van der Waals surface area contributed by atoms with Gasteiger partial charge in [0, 0.05) is 68.3 Å². The molecule has 0 unspecified atom stereocenters. The minimum absolute atomic E-state index is 0.0134. The molecular weight excluding hydrogens is 342 g/mol. The summed E-state index contributed by atoms with van der Waals surface area (Å²) in [6.07, 6.45) is 4.39. The number of hydrogen-bond acceptors (Lipinski definition) is 5. The lowest BCUT2D eigenvalue weighted by molar-refractivity contribution is -0.117. The van der Waals surface area contributed by atoms with E-state index in [4.69, 9.17) is 4.74 Å². The van der Waals surface area contributed by atoms with E-state index >= 15 is 0 Å². The number of rotatable bonds is 5. The summed E-state index contributed by atoms with van der Waals surface area (Å²) in [5.41, 5.74) is 2.79. The number of carbonyl (C=O) groups excluding carboxylic acids is 2. The summed E-state index contributed by atoms with van der Waals surface area (Å²) < 4.78 is 7.40. The molecule has 3 heterocycles. The number of fused-ring (bicyclic) bond motifs is 1. The molecule has 0 amide bonds. The minimum Gasteiger partial charge on any atom is -0.378 e. The maximum atomic E-state index is 12.7. The average Bonchev–Trinajstić information content (AvgIpc) is 3.04. The Kier molecular flexibility index (Phi) is 4.90. The highest BCUT2D eigenvalue weighted by atomic mass is 16.5. The van der Waals surface area contributed by atoms with Crippen molar-refractivity contribution in [3.8, 4) is 0 Å². The van der Waals surface area contributed by atoms with E-state index in [1.54, 1.807) is 6.08 Å². The van der Waals surface area contributed by atoms with Crippen molar-refractivity contribution in [1.82, 2.24) is 9.47 Å². The number of allylic oxidation sites excluding steroid dienone is 1. The van der Waals surface area contributed by atoms with E-state index in [0.29, 0.717) is 31.2 Å². The van der Waals surface area contributed by atoms with Gasteiger partial charge in [-0.05, 0) is 17.7 Å². The molecule has 2 aliphatic heterocycles. The highest BCUT2D eigenvalue weighted by molar-refractivity contribution is 6.14. The van der Waals surface area contributed by atoms with Gasteiger partial charge in [0.25, 0.3) is 0 Å². The second-order valence-electron chi connectivity index (χ2n) is 7.09. The first-order valence-electron chi connectivity index (χ1n) is 9.28. The van der Waals surface area contributed by atoms with Gasteiger partial charge >= 0.3 is 0 Å². The Bertz CT molecular complexity index is 949. The number of aryl methyl sites for hydroxylation is 1. The SMILES string of the molecule is Cn1ccc2c(CC(=O)CC3=NC(N4CCOCC4)=CC(=O)C3)cccc21. The van der Waals surface area contributed by atoms with E-state index in [1.165, 1.54) is 0 Å². The standard InChI is InChI=1S/C21H23N3O3/c1-23-6-5-19-15(3-2-4-20(19)23)11-17(25)12-16-13-18(26)14-21(22-16)24-7-9-27-10-8-24/h2-6,14H,7-13H2,1H3. The monoisotopic (exact) mass is 365 g/mol. The number of Topliss-reactive ketones (excluding diaryl/α,β-unsaturated/α-hetero) is 1. The molecule has 1 aromatic heterocycles. The number of ether oxygens (including phenoxy) is 1. The highest BCUT2D eigenvalue weighted by Crippen LogP contribution is 2.21. The first kappa shape index (κ1) is 17.7. The van der Waals surface area contributed by atoms with Gasteiger partial charge in [-0.25, -0.2) is 4.99 Å². The summed E-state index contributed by atoms with van der Waals surface area (Å²) in [7, 11) is 2.00. The van der Waals surface area contributed by atoms with Crippen LogP contribution in [0.25, 0.3) is 10.9 Å². The van der Waals surface area contributed by atoms with E-state index in [1.807, 2.05) is 42.1 Å². The van der Waals surface area contributed by atoms with Gasteiger partial charge in [0.05, 0.1) is 13.2 Å². The van der Waals surface area contributed by atoms with Crippen LogP contribution in [0.1, 0.15) is 18.4 Å². The lowest BCUT2D eigenvalue weighted by Crippen LogP contribution is -2.36. The van der Waals surface area contributed by atoms with E-state index in [9.17, 15) is 9.59 Å². The number of ketones is 2. The fourth-order valence-electron chi connectivity index (χ4n) is 3.71. The van der Waals surface area contributed by atoms with Crippen LogP contribution in [0.15, 0.2) is 47.4 Å². The number of nitrogens with zero attached hydrogens (tertiary/aromatic N) is 3. The molecule has 1 fully saturated rings. The predicted molar refractivity (Wildman–Crippen MR) is 104 cm³/mol. The number of morpholine rings is 1. The average molecular weight is 365 g/mol. The van der Waals surface area contributed by atoms with Crippen molar-refractivity contribution in [3.05, 3.63) is 47.9 Å². The Morgan fingerprint density at radius 3 is 2.81 bits per heavy atom. The molecule has 0 N–H and O–H groups in total. The zero-order valence-electron chi connectivity index (χ0n) is 15.5. The van der Waals surface area contributed by atoms with Gasteiger partial charge in [-0.3, -0.25) is 9.59 Å². The van der Waals surface area contributed by atoms with Crippen molar-refractivity contribution in [2.45, 2.75) is 19.3 Å². The van der Waals surface area contributed by atoms with Crippen molar-refractivity contribution in [3.63, 3.8) is 0 Å². The van der Waals surface area contributed by atoms with Crippen LogP contribution in [0.4, 0.5) is 0 Å². The summed E-state index contributed by atoms with van der Waals surface area (Å²) in [6.45, 7) is 2.71. The maximum absolute atomic E-state index is 12.7. The van der Waals surface area contributed by atoms with E-state index in [-0.39, 0.29) is 24.4 Å². The topological polar surface area (TPSA) is 63.9 Å². The zero-order chi connectivity index (χ0) is 18.8. The van der Waals surface area contributed by atoms with Gasteiger partial charge < -0.3 is 14.2 Å². The van der Waals surface area contributed by atoms with Gasteiger partial charge in [-0.15, -0.1) is 0 Å². The second-order valence-corrected chi connectivity index (χ2v) is 7.09. The van der Waals surface area contributed by atoms with Gasteiger partial charge in [-0.2, -0.15) is 0 Å². The second kappa shape index (κ2) is 7.48. The van der Waals surface area contributed by atoms with Crippen molar-refractivity contribution < 1.29 is 14.3 Å². The van der Waals surface area contributed by atoms with Gasteiger partial charge in [0.15, 0.2) is 5.78 Å². The van der Waals surface area contributed by atoms with E-state index in [0.717, 1.165) is 29.6 Å². The summed E-state index contributed by atoms with van der Waals surface area (Å²) in [5, 5.41) is 1.10. The molecule has 0 bridgehead atoms. The van der Waals surface area contributed by atoms with Crippen molar-refractivity contribution in [1.29, 1.82) is 0 Å². The Hall–Kier alpha value is -2.73. The third-order valence-corrected chi connectivity index (χ3v) is 5.08. The molecule has 0 spiro atoms. The molecular formula is C21H23N3O3. The molecule has 2 aliphatic rings. The number of hydrogen-bond donors (Lipinski definition) is 0. The van der Waals surface area contributed by atoms with Crippen LogP contribution >= 0.6 is 0 Å². The van der Waals surface area contributed by atoms with Crippen LogP contribution in [0.5, 0.6) is 0 Å². The van der Waals surface area contributed by atoms with Crippen molar-refractivity contribution in [2.75, 3.05) is 26.3 Å². The fraction of sp³-hybridized carbons (Fsp3) is 0.381. The summed E-state index contributed by atoms with van der Waals surface area (Å²) in [5.74, 6) is 0.767. The number of benzene rings is 1. The Morgan fingerprint density at radius 2 is 2.00 bits per heavy atom. The van der Waals surface area contributed by atoms with Crippen LogP contribution in [0.2, 0.25) is 0 Å². The third-order valence-electron chi connectivity index (χ3n) is 5.08. The largest absolute Gasteiger partial charge is 0.378 e. The highest BCUT2D eigenvalue weighted by Gasteiger charge is 2.21.